The van der Waals surface area contributed by atoms with Crippen molar-refractivity contribution in [2.75, 3.05) is 11.9 Å². The summed E-state index contributed by atoms with van der Waals surface area (Å²) in [5, 5.41) is 3.07. The number of aryl methyl sites for hydroxylation is 1. The number of anilines is 1. The van der Waals surface area contributed by atoms with Crippen molar-refractivity contribution in [1.82, 2.24) is 4.57 Å². The number of likely N-dealkylation sites (tertiary alicyclic amines) is 1. The molecular formula is C24H28N3O2+. The van der Waals surface area contributed by atoms with Gasteiger partial charge in [-0.1, -0.05) is 18.2 Å². The minimum atomic E-state index is -0.113. The van der Waals surface area contributed by atoms with Crippen molar-refractivity contribution >= 4 is 11.6 Å². The fraction of sp³-hybridized carbons (Fsp3) is 0.292. The maximum absolute atomic E-state index is 12.9. The highest BCUT2D eigenvalue weighted by Crippen LogP contribution is 2.23. The standard InChI is InChI=1S/C24H27N3O2/c1-18(27-17-7-11-23(27)22-10-6-16-26(22)2)24(28)25-19-12-14-21(15-13-19)29-20-8-4-3-5-9-20/h3-6,8-10,12-16,18,23H,7,11,17H2,1-2H3,(H,25,28)/p+1/t18-,23-/m1/s1. The van der Waals surface area contributed by atoms with E-state index >= 15 is 0 Å². The van der Waals surface area contributed by atoms with Crippen LogP contribution in [-0.4, -0.2) is 23.1 Å². The summed E-state index contributed by atoms with van der Waals surface area (Å²) in [4.78, 5) is 14.2. The molecule has 5 heteroatoms. The van der Waals surface area contributed by atoms with Gasteiger partial charge in [-0.2, -0.15) is 0 Å². The Morgan fingerprint density at radius 3 is 2.48 bits per heavy atom. The maximum Gasteiger partial charge on any atom is 0.282 e. The number of nitrogens with one attached hydrogen (secondary N) is 2. The topological polar surface area (TPSA) is 47.7 Å². The maximum atomic E-state index is 12.9. The predicted octanol–water partition coefficient (Wildman–Crippen LogP) is 3.56. The molecule has 2 aromatic carbocycles. The molecule has 1 saturated heterocycles. The molecule has 0 spiro atoms. The second-order valence-corrected chi connectivity index (χ2v) is 7.71. The van der Waals surface area contributed by atoms with Crippen molar-refractivity contribution in [2.45, 2.75) is 31.8 Å². The number of nitrogens with zero attached hydrogens (tertiary/aromatic N) is 1. The van der Waals surface area contributed by atoms with Crippen molar-refractivity contribution in [1.29, 1.82) is 0 Å². The summed E-state index contributed by atoms with van der Waals surface area (Å²) in [6.45, 7) is 3.05. The van der Waals surface area contributed by atoms with Gasteiger partial charge in [-0.3, -0.25) is 4.79 Å². The first-order valence-corrected chi connectivity index (χ1v) is 10.2. The monoisotopic (exact) mass is 390 g/mol. The molecule has 150 valence electrons. The number of rotatable bonds is 6. The fourth-order valence-electron chi connectivity index (χ4n) is 4.21. The lowest BCUT2D eigenvalue weighted by atomic mass is 10.1. The molecule has 3 aromatic rings. The third-order valence-corrected chi connectivity index (χ3v) is 5.80. The van der Waals surface area contributed by atoms with Crippen LogP contribution in [-0.2, 0) is 11.8 Å². The Labute approximate surface area is 171 Å². The molecular weight excluding hydrogens is 362 g/mol. The van der Waals surface area contributed by atoms with Crippen molar-refractivity contribution in [2.24, 2.45) is 7.05 Å². The van der Waals surface area contributed by atoms with Gasteiger partial charge in [0, 0.05) is 31.8 Å². The van der Waals surface area contributed by atoms with E-state index in [0.29, 0.717) is 6.04 Å². The number of carbonyl (C=O) groups is 1. The number of benzene rings is 2. The molecule has 0 bridgehead atoms. The van der Waals surface area contributed by atoms with Crippen molar-refractivity contribution in [3.63, 3.8) is 0 Å². The van der Waals surface area contributed by atoms with Crippen LogP contribution in [0.5, 0.6) is 11.5 Å². The lowest BCUT2D eigenvalue weighted by Crippen LogP contribution is -3.15. The van der Waals surface area contributed by atoms with E-state index < -0.39 is 0 Å². The van der Waals surface area contributed by atoms with E-state index in [2.05, 4.69) is 35.3 Å². The highest BCUT2D eigenvalue weighted by molar-refractivity contribution is 5.93. The summed E-state index contributed by atoms with van der Waals surface area (Å²) in [5.41, 5.74) is 2.09. The van der Waals surface area contributed by atoms with E-state index in [0.717, 1.165) is 36.6 Å². The minimum Gasteiger partial charge on any atom is -0.457 e. The molecule has 1 aliphatic heterocycles. The Balaban J connectivity index is 1.39. The zero-order chi connectivity index (χ0) is 20.2. The minimum absolute atomic E-state index is 0.0536. The van der Waals surface area contributed by atoms with Crippen LogP contribution in [0.2, 0.25) is 0 Å². The summed E-state index contributed by atoms with van der Waals surface area (Å²) in [7, 11) is 2.08. The Hall–Kier alpha value is -3.05. The molecule has 3 atom stereocenters. The number of hydrogen-bond donors (Lipinski definition) is 2. The number of carbonyl (C=O) groups excluding carboxylic acids is 1. The van der Waals surface area contributed by atoms with Crippen LogP contribution in [0.25, 0.3) is 0 Å². The zero-order valence-electron chi connectivity index (χ0n) is 17.0. The SMILES string of the molecule is C[C@H](C(=O)Nc1ccc(Oc2ccccc2)cc1)[NH+]1CCC[C@@H]1c1cccn1C. The second-order valence-electron chi connectivity index (χ2n) is 7.71. The Kier molecular flexibility index (Phi) is 5.67. The predicted molar refractivity (Wildman–Crippen MR) is 114 cm³/mol. The van der Waals surface area contributed by atoms with Gasteiger partial charge in [0.25, 0.3) is 5.91 Å². The fourth-order valence-corrected chi connectivity index (χ4v) is 4.21. The van der Waals surface area contributed by atoms with E-state index in [1.807, 2.05) is 61.5 Å². The summed E-state index contributed by atoms with van der Waals surface area (Å²) >= 11 is 0. The average molecular weight is 391 g/mol. The van der Waals surface area contributed by atoms with Gasteiger partial charge in [-0.15, -0.1) is 0 Å². The van der Waals surface area contributed by atoms with Crippen molar-refractivity contribution < 1.29 is 14.4 Å². The Morgan fingerprint density at radius 1 is 1.07 bits per heavy atom. The smallest absolute Gasteiger partial charge is 0.282 e. The molecule has 29 heavy (non-hydrogen) atoms. The summed E-state index contributed by atoms with van der Waals surface area (Å²) in [6, 6.07) is 21.7. The van der Waals surface area contributed by atoms with E-state index in [4.69, 9.17) is 4.74 Å². The van der Waals surface area contributed by atoms with Crippen LogP contribution in [0.1, 0.15) is 31.5 Å². The number of hydrogen-bond acceptors (Lipinski definition) is 2. The van der Waals surface area contributed by atoms with Crippen LogP contribution < -0.4 is 15.0 Å². The quantitative estimate of drug-likeness (QED) is 0.676. The van der Waals surface area contributed by atoms with Crippen LogP contribution in [0.4, 0.5) is 5.69 Å². The number of amides is 1. The summed E-state index contributed by atoms with van der Waals surface area (Å²) in [6.07, 6.45) is 4.35. The Morgan fingerprint density at radius 2 is 1.79 bits per heavy atom. The van der Waals surface area contributed by atoms with Gasteiger partial charge in [0.15, 0.2) is 6.04 Å². The van der Waals surface area contributed by atoms with Gasteiger partial charge >= 0.3 is 0 Å². The van der Waals surface area contributed by atoms with Crippen LogP contribution in [0.3, 0.4) is 0 Å². The normalized spacial score (nSPS) is 19.7. The zero-order valence-corrected chi connectivity index (χ0v) is 17.0. The third-order valence-electron chi connectivity index (χ3n) is 5.80. The number of quaternary nitrogens is 1. The molecule has 4 rings (SSSR count). The van der Waals surface area contributed by atoms with Gasteiger partial charge in [0.05, 0.1) is 12.2 Å². The first kappa shape index (κ1) is 19.3. The van der Waals surface area contributed by atoms with Crippen LogP contribution in [0, 0.1) is 0 Å². The van der Waals surface area contributed by atoms with Gasteiger partial charge in [0.2, 0.25) is 0 Å². The molecule has 1 aliphatic rings. The lowest BCUT2D eigenvalue weighted by molar-refractivity contribution is -0.932. The highest BCUT2D eigenvalue weighted by atomic mass is 16.5. The van der Waals surface area contributed by atoms with Crippen molar-refractivity contribution in [3.8, 4) is 11.5 Å². The first-order chi connectivity index (χ1) is 14.1. The Bertz CT molecular complexity index is 950. The van der Waals surface area contributed by atoms with Gasteiger partial charge in [-0.05, 0) is 55.5 Å². The van der Waals surface area contributed by atoms with E-state index in [1.54, 1.807) is 0 Å². The molecule has 1 amide bonds. The molecule has 0 aliphatic carbocycles. The van der Waals surface area contributed by atoms with E-state index in [-0.39, 0.29) is 11.9 Å². The molecule has 5 nitrogen and oxygen atoms in total. The number of aromatic nitrogens is 1. The van der Waals surface area contributed by atoms with E-state index in [9.17, 15) is 4.79 Å². The molecule has 2 N–H and O–H groups in total. The summed E-state index contributed by atoms with van der Waals surface area (Å²) in [5.74, 6) is 1.59. The van der Waals surface area contributed by atoms with Gasteiger partial charge < -0.3 is 19.5 Å². The molecule has 2 heterocycles. The molecule has 1 unspecified atom stereocenters. The average Bonchev–Trinajstić information content (AvgIpc) is 3.38. The summed E-state index contributed by atoms with van der Waals surface area (Å²) < 4.78 is 7.99. The second kappa shape index (κ2) is 8.53. The number of para-hydroxylation sites is 1. The molecule has 0 radical (unpaired) electrons. The molecule has 1 fully saturated rings. The lowest BCUT2D eigenvalue weighted by Gasteiger charge is -2.27. The molecule has 1 aromatic heterocycles. The number of ether oxygens (including phenoxy) is 1. The van der Waals surface area contributed by atoms with Gasteiger partial charge in [0.1, 0.15) is 17.5 Å². The largest absolute Gasteiger partial charge is 0.457 e. The molecule has 0 saturated carbocycles. The van der Waals surface area contributed by atoms with Gasteiger partial charge in [-0.25, -0.2) is 0 Å². The van der Waals surface area contributed by atoms with E-state index in [1.165, 1.54) is 10.6 Å². The van der Waals surface area contributed by atoms with Crippen LogP contribution >= 0.6 is 0 Å². The highest BCUT2D eigenvalue weighted by Gasteiger charge is 2.38. The van der Waals surface area contributed by atoms with Crippen molar-refractivity contribution in [3.05, 3.63) is 78.6 Å². The first-order valence-electron chi connectivity index (χ1n) is 10.2. The third kappa shape index (κ3) is 4.35. The van der Waals surface area contributed by atoms with Crippen LogP contribution in [0.15, 0.2) is 72.9 Å².